The molecule has 0 N–H and O–H groups in total. The summed E-state index contributed by atoms with van der Waals surface area (Å²) in [7, 11) is 3.48. The Kier molecular flexibility index (Phi) is 7.70. The average molecular weight is 409 g/mol. The standard InChI is InChI=1S/C20H32N4O3S/c1-21(2)20(26)24-6-3-4-18(15-24)19(25)27-12-11-22-7-9-23(10-8-22)14-17-5-13-28-16-17/h5,13,16,18H,3-4,6-12,14-15H2,1-2H3/t18-/m0/s1. The van der Waals surface area contributed by atoms with Gasteiger partial charge in [0.25, 0.3) is 0 Å². The van der Waals surface area contributed by atoms with E-state index in [9.17, 15) is 9.59 Å². The third kappa shape index (κ3) is 5.93. The highest BCUT2D eigenvalue weighted by Gasteiger charge is 2.30. The second-order valence-corrected chi connectivity index (χ2v) is 8.66. The number of likely N-dealkylation sites (tertiary alicyclic amines) is 1. The monoisotopic (exact) mass is 408 g/mol. The van der Waals surface area contributed by atoms with Crippen molar-refractivity contribution in [1.29, 1.82) is 0 Å². The molecule has 7 nitrogen and oxygen atoms in total. The SMILES string of the molecule is CN(C)C(=O)N1CCC[C@H](C(=O)OCCN2CCN(Cc3ccsc3)CC2)C1. The van der Waals surface area contributed by atoms with Crippen molar-refractivity contribution >= 4 is 23.3 Å². The molecule has 156 valence electrons. The van der Waals surface area contributed by atoms with Crippen molar-refractivity contribution in [2.24, 2.45) is 5.92 Å². The van der Waals surface area contributed by atoms with Crippen LogP contribution in [0.4, 0.5) is 4.79 Å². The van der Waals surface area contributed by atoms with Crippen LogP contribution in [-0.4, -0.2) is 98.1 Å². The number of carbonyl (C=O) groups excluding carboxylic acids is 2. The first kappa shape index (κ1) is 21.1. The molecule has 28 heavy (non-hydrogen) atoms. The number of nitrogens with zero attached hydrogens (tertiary/aromatic N) is 4. The van der Waals surface area contributed by atoms with Gasteiger partial charge >= 0.3 is 12.0 Å². The zero-order valence-electron chi connectivity index (χ0n) is 17.0. The fraction of sp³-hybridized carbons (Fsp3) is 0.700. The summed E-state index contributed by atoms with van der Waals surface area (Å²) in [6.45, 7) is 7.55. The Hall–Kier alpha value is -1.64. The predicted octanol–water partition coefficient (Wildman–Crippen LogP) is 1.80. The van der Waals surface area contributed by atoms with Gasteiger partial charge < -0.3 is 14.5 Å². The Balaban J connectivity index is 1.33. The molecule has 2 amide bonds. The van der Waals surface area contributed by atoms with Crippen LogP contribution in [-0.2, 0) is 16.1 Å². The number of hydrogen-bond acceptors (Lipinski definition) is 6. The number of ether oxygens (including phenoxy) is 1. The topological polar surface area (TPSA) is 56.3 Å². The Morgan fingerprint density at radius 1 is 1.18 bits per heavy atom. The molecule has 0 bridgehead atoms. The Bertz CT molecular complexity index is 629. The summed E-state index contributed by atoms with van der Waals surface area (Å²) in [6.07, 6.45) is 1.66. The zero-order valence-corrected chi connectivity index (χ0v) is 17.8. The molecule has 0 spiro atoms. The normalized spacial score (nSPS) is 21.5. The largest absolute Gasteiger partial charge is 0.464 e. The van der Waals surface area contributed by atoms with Gasteiger partial charge in [-0.15, -0.1) is 0 Å². The minimum Gasteiger partial charge on any atom is -0.464 e. The summed E-state index contributed by atoms with van der Waals surface area (Å²) in [6, 6.07) is 2.16. The van der Waals surface area contributed by atoms with Gasteiger partial charge in [0.2, 0.25) is 0 Å². The molecular formula is C20H32N4O3S. The minimum atomic E-state index is -0.194. The molecule has 2 aliphatic rings. The van der Waals surface area contributed by atoms with Crippen LogP contribution in [0.2, 0.25) is 0 Å². The van der Waals surface area contributed by atoms with Crippen LogP contribution in [0.15, 0.2) is 16.8 Å². The number of hydrogen-bond donors (Lipinski definition) is 0. The highest BCUT2D eigenvalue weighted by molar-refractivity contribution is 7.07. The molecule has 1 aromatic rings. The van der Waals surface area contributed by atoms with Crippen molar-refractivity contribution in [2.75, 3.05) is 66.5 Å². The summed E-state index contributed by atoms with van der Waals surface area (Å²) in [4.78, 5) is 32.7. The minimum absolute atomic E-state index is 0.0298. The fourth-order valence-electron chi connectivity index (χ4n) is 3.83. The predicted molar refractivity (Wildman–Crippen MR) is 110 cm³/mol. The summed E-state index contributed by atoms with van der Waals surface area (Å²) in [5.41, 5.74) is 1.39. The third-order valence-corrected chi connectivity index (χ3v) is 6.24. The van der Waals surface area contributed by atoms with Gasteiger partial charge in [0.1, 0.15) is 6.61 Å². The number of piperidine rings is 1. The van der Waals surface area contributed by atoms with Crippen molar-refractivity contribution in [3.05, 3.63) is 22.4 Å². The molecule has 1 atom stereocenters. The highest BCUT2D eigenvalue weighted by atomic mass is 32.1. The van der Waals surface area contributed by atoms with Crippen molar-refractivity contribution in [1.82, 2.24) is 19.6 Å². The van der Waals surface area contributed by atoms with E-state index in [1.165, 1.54) is 5.56 Å². The van der Waals surface area contributed by atoms with Crippen LogP contribution in [0.1, 0.15) is 18.4 Å². The van der Waals surface area contributed by atoms with Crippen LogP contribution in [0.3, 0.4) is 0 Å². The molecule has 8 heteroatoms. The first-order valence-electron chi connectivity index (χ1n) is 10.1. The van der Waals surface area contributed by atoms with E-state index >= 15 is 0 Å². The van der Waals surface area contributed by atoms with Crippen LogP contribution in [0.25, 0.3) is 0 Å². The molecule has 0 radical (unpaired) electrons. The van der Waals surface area contributed by atoms with Gasteiger partial charge in [0.15, 0.2) is 0 Å². The first-order valence-corrected chi connectivity index (χ1v) is 11.1. The molecule has 0 aromatic carbocycles. The molecular weight excluding hydrogens is 376 g/mol. The summed E-state index contributed by atoms with van der Waals surface area (Å²) in [5, 5.41) is 4.34. The van der Waals surface area contributed by atoms with Gasteiger partial charge in [-0.25, -0.2) is 4.79 Å². The Morgan fingerprint density at radius 2 is 1.93 bits per heavy atom. The Morgan fingerprint density at radius 3 is 2.61 bits per heavy atom. The lowest BCUT2D eigenvalue weighted by Gasteiger charge is -2.35. The van der Waals surface area contributed by atoms with E-state index in [1.54, 1.807) is 35.2 Å². The van der Waals surface area contributed by atoms with Gasteiger partial charge in [0, 0.05) is 66.5 Å². The zero-order chi connectivity index (χ0) is 19.9. The maximum Gasteiger partial charge on any atom is 0.319 e. The molecule has 0 unspecified atom stereocenters. The number of carbonyl (C=O) groups is 2. The van der Waals surface area contributed by atoms with E-state index in [2.05, 4.69) is 26.6 Å². The van der Waals surface area contributed by atoms with E-state index in [-0.39, 0.29) is 17.9 Å². The molecule has 2 fully saturated rings. The molecule has 2 aliphatic heterocycles. The van der Waals surface area contributed by atoms with Crippen molar-refractivity contribution in [2.45, 2.75) is 19.4 Å². The van der Waals surface area contributed by atoms with Crippen molar-refractivity contribution < 1.29 is 14.3 Å². The van der Waals surface area contributed by atoms with Crippen LogP contribution in [0.5, 0.6) is 0 Å². The van der Waals surface area contributed by atoms with E-state index in [0.717, 1.165) is 58.7 Å². The van der Waals surface area contributed by atoms with E-state index < -0.39 is 0 Å². The van der Waals surface area contributed by atoms with Crippen LogP contribution >= 0.6 is 11.3 Å². The van der Waals surface area contributed by atoms with E-state index in [4.69, 9.17) is 4.74 Å². The van der Waals surface area contributed by atoms with Gasteiger partial charge in [-0.3, -0.25) is 14.6 Å². The molecule has 0 aliphatic carbocycles. The van der Waals surface area contributed by atoms with Crippen LogP contribution in [0, 0.1) is 5.92 Å². The lowest BCUT2D eigenvalue weighted by Crippen LogP contribution is -2.48. The van der Waals surface area contributed by atoms with Crippen molar-refractivity contribution in [3.63, 3.8) is 0 Å². The maximum atomic E-state index is 12.4. The maximum absolute atomic E-state index is 12.4. The summed E-state index contributed by atoms with van der Waals surface area (Å²) >= 11 is 1.75. The lowest BCUT2D eigenvalue weighted by atomic mass is 9.98. The molecule has 2 saturated heterocycles. The Labute approximate surface area is 171 Å². The molecule has 1 aromatic heterocycles. The van der Waals surface area contributed by atoms with E-state index in [0.29, 0.717) is 13.2 Å². The fourth-order valence-corrected chi connectivity index (χ4v) is 4.49. The summed E-state index contributed by atoms with van der Waals surface area (Å²) < 4.78 is 5.54. The van der Waals surface area contributed by atoms with E-state index in [1.807, 2.05) is 0 Å². The average Bonchev–Trinajstić information content (AvgIpc) is 3.21. The number of amides is 2. The number of thiophene rings is 1. The van der Waals surface area contributed by atoms with Crippen LogP contribution < -0.4 is 0 Å². The van der Waals surface area contributed by atoms with Gasteiger partial charge in [-0.2, -0.15) is 11.3 Å². The first-order chi connectivity index (χ1) is 13.5. The smallest absolute Gasteiger partial charge is 0.319 e. The molecule has 0 saturated carbocycles. The quantitative estimate of drug-likeness (QED) is 0.672. The second kappa shape index (κ2) is 10.2. The second-order valence-electron chi connectivity index (χ2n) is 7.88. The molecule has 3 heterocycles. The van der Waals surface area contributed by atoms with Gasteiger partial charge in [0.05, 0.1) is 5.92 Å². The van der Waals surface area contributed by atoms with Gasteiger partial charge in [-0.1, -0.05) is 0 Å². The number of urea groups is 1. The number of piperazine rings is 1. The van der Waals surface area contributed by atoms with Crippen molar-refractivity contribution in [3.8, 4) is 0 Å². The number of rotatable bonds is 6. The summed E-state index contributed by atoms with van der Waals surface area (Å²) in [5.74, 6) is -0.354. The van der Waals surface area contributed by atoms with Gasteiger partial charge in [-0.05, 0) is 35.2 Å². The third-order valence-electron chi connectivity index (χ3n) is 5.51. The number of esters is 1. The highest BCUT2D eigenvalue weighted by Crippen LogP contribution is 2.19. The molecule has 3 rings (SSSR count). The lowest BCUT2D eigenvalue weighted by molar-refractivity contribution is -0.150.